The fourth-order valence-corrected chi connectivity index (χ4v) is 6.26. The van der Waals surface area contributed by atoms with E-state index in [1.165, 1.54) is 0 Å². The van der Waals surface area contributed by atoms with Crippen molar-refractivity contribution in [2.24, 2.45) is 0 Å². The maximum absolute atomic E-state index is 11.8. The standard InChI is InChI=1S/C17H23NO2Si/c1-17(2,14-18-20-3)21(19,15-10-6-4-7-11-15)16-12-8-5-9-13-16/h4-13,18-19H,14H2,1-3H3. The molecular weight excluding hydrogens is 278 g/mol. The van der Waals surface area contributed by atoms with Crippen LogP contribution < -0.4 is 15.9 Å². The zero-order valence-corrected chi connectivity index (χ0v) is 13.8. The number of hydroxylamine groups is 1. The molecule has 0 aliphatic heterocycles. The Hall–Kier alpha value is -1.46. The molecule has 0 aliphatic rings. The van der Waals surface area contributed by atoms with Gasteiger partial charge in [0.2, 0.25) is 0 Å². The van der Waals surface area contributed by atoms with Crippen LogP contribution in [0.1, 0.15) is 13.8 Å². The van der Waals surface area contributed by atoms with Gasteiger partial charge in [-0.2, -0.15) is 0 Å². The Morgan fingerprint density at radius 3 is 1.76 bits per heavy atom. The highest BCUT2D eigenvalue weighted by Gasteiger charge is 2.49. The third-order valence-electron chi connectivity index (χ3n) is 4.02. The van der Waals surface area contributed by atoms with Crippen LogP contribution in [0.3, 0.4) is 0 Å². The van der Waals surface area contributed by atoms with Crippen LogP contribution in [0.15, 0.2) is 60.7 Å². The van der Waals surface area contributed by atoms with Gasteiger partial charge in [-0.25, -0.2) is 5.48 Å². The summed E-state index contributed by atoms with van der Waals surface area (Å²) in [6.07, 6.45) is 0. The molecule has 0 radical (unpaired) electrons. The minimum absolute atomic E-state index is 0.328. The lowest BCUT2D eigenvalue weighted by Crippen LogP contribution is -2.67. The Morgan fingerprint density at radius 2 is 1.38 bits per heavy atom. The summed E-state index contributed by atoms with van der Waals surface area (Å²) < 4.78 is 0. The molecule has 2 aromatic carbocycles. The molecule has 0 aromatic heterocycles. The predicted octanol–water partition coefficient (Wildman–Crippen LogP) is 1.67. The van der Waals surface area contributed by atoms with E-state index < -0.39 is 8.32 Å². The molecule has 4 heteroatoms. The molecule has 2 rings (SSSR count). The number of rotatable bonds is 6. The monoisotopic (exact) mass is 301 g/mol. The van der Waals surface area contributed by atoms with Crippen molar-refractivity contribution in [3.05, 3.63) is 60.7 Å². The van der Waals surface area contributed by atoms with Gasteiger partial charge < -0.3 is 9.63 Å². The lowest BCUT2D eigenvalue weighted by atomic mass is 10.2. The van der Waals surface area contributed by atoms with E-state index in [0.717, 1.165) is 10.4 Å². The Balaban J connectivity index is 2.55. The summed E-state index contributed by atoms with van der Waals surface area (Å²) in [5.41, 5.74) is 2.91. The van der Waals surface area contributed by atoms with Crippen molar-refractivity contribution in [3.63, 3.8) is 0 Å². The topological polar surface area (TPSA) is 41.5 Å². The zero-order chi connectivity index (χ0) is 15.3. The van der Waals surface area contributed by atoms with Crippen LogP contribution in [-0.4, -0.2) is 26.8 Å². The second kappa shape index (κ2) is 6.53. The number of hydrogen-bond acceptors (Lipinski definition) is 3. The van der Waals surface area contributed by atoms with E-state index in [2.05, 4.69) is 19.3 Å². The molecule has 0 amide bonds. The maximum Gasteiger partial charge on any atom is 0.259 e. The van der Waals surface area contributed by atoms with Crippen LogP contribution in [0.25, 0.3) is 0 Å². The third kappa shape index (κ3) is 3.08. The third-order valence-corrected chi connectivity index (χ3v) is 8.49. The average Bonchev–Trinajstić information content (AvgIpc) is 2.53. The largest absolute Gasteiger partial charge is 0.423 e. The van der Waals surface area contributed by atoms with E-state index >= 15 is 0 Å². The lowest BCUT2D eigenvalue weighted by molar-refractivity contribution is 0.0833. The van der Waals surface area contributed by atoms with Gasteiger partial charge in [-0.1, -0.05) is 74.5 Å². The van der Waals surface area contributed by atoms with Gasteiger partial charge in [0.25, 0.3) is 8.32 Å². The van der Waals surface area contributed by atoms with Crippen molar-refractivity contribution < 1.29 is 9.63 Å². The molecule has 0 saturated heterocycles. The lowest BCUT2D eigenvalue weighted by Gasteiger charge is -2.41. The summed E-state index contributed by atoms with van der Waals surface area (Å²) in [5.74, 6) is 0. The maximum atomic E-state index is 11.8. The normalized spacial score (nSPS) is 12.4. The van der Waals surface area contributed by atoms with Gasteiger partial charge in [0.15, 0.2) is 0 Å². The van der Waals surface area contributed by atoms with Gasteiger partial charge in [-0.3, -0.25) is 0 Å². The van der Waals surface area contributed by atoms with Crippen LogP contribution >= 0.6 is 0 Å². The molecule has 0 aliphatic carbocycles. The summed E-state index contributed by atoms with van der Waals surface area (Å²) in [6.45, 7) is 4.76. The van der Waals surface area contributed by atoms with E-state index in [1.807, 2.05) is 60.7 Å². The highest BCUT2D eigenvalue weighted by atomic mass is 28.4. The van der Waals surface area contributed by atoms with E-state index in [0.29, 0.717) is 6.54 Å². The van der Waals surface area contributed by atoms with E-state index in [1.54, 1.807) is 7.11 Å². The van der Waals surface area contributed by atoms with Crippen molar-refractivity contribution in [2.45, 2.75) is 18.9 Å². The Bertz CT molecular complexity index is 518. The zero-order valence-electron chi connectivity index (χ0n) is 12.8. The van der Waals surface area contributed by atoms with Crippen molar-refractivity contribution in [1.29, 1.82) is 0 Å². The van der Waals surface area contributed by atoms with Crippen LogP contribution in [0.4, 0.5) is 0 Å². The highest BCUT2D eigenvalue weighted by molar-refractivity contribution is 6.98. The van der Waals surface area contributed by atoms with Gasteiger partial charge >= 0.3 is 0 Å². The molecule has 3 nitrogen and oxygen atoms in total. The summed E-state index contributed by atoms with van der Waals surface area (Å²) in [4.78, 5) is 16.8. The number of hydrogen-bond donors (Lipinski definition) is 2. The van der Waals surface area contributed by atoms with Gasteiger partial charge in [-0.15, -0.1) is 0 Å². The molecule has 2 aromatic rings. The van der Waals surface area contributed by atoms with Crippen molar-refractivity contribution in [3.8, 4) is 0 Å². The first kappa shape index (κ1) is 15.9. The average molecular weight is 301 g/mol. The van der Waals surface area contributed by atoms with E-state index in [9.17, 15) is 4.80 Å². The first-order chi connectivity index (χ1) is 10.0. The summed E-state index contributed by atoms with van der Waals surface area (Å²) in [5, 5.41) is 1.70. The smallest absolute Gasteiger partial charge is 0.259 e. The molecule has 2 N–H and O–H groups in total. The molecule has 0 saturated carbocycles. The minimum atomic E-state index is -2.91. The fourth-order valence-electron chi connectivity index (χ4n) is 2.69. The number of nitrogens with one attached hydrogen (secondary N) is 1. The van der Waals surface area contributed by atoms with Crippen LogP contribution in [0.5, 0.6) is 0 Å². The van der Waals surface area contributed by atoms with Gasteiger partial charge in [-0.05, 0) is 10.4 Å². The highest BCUT2D eigenvalue weighted by Crippen LogP contribution is 2.33. The van der Waals surface area contributed by atoms with Crippen molar-refractivity contribution in [1.82, 2.24) is 5.48 Å². The molecular formula is C17H23NO2Si. The number of benzene rings is 2. The van der Waals surface area contributed by atoms with Gasteiger partial charge in [0, 0.05) is 11.6 Å². The van der Waals surface area contributed by atoms with Gasteiger partial charge in [0.05, 0.1) is 7.11 Å². The SMILES string of the molecule is CONCC(C)(C)[Si](O)(c1ccccc1)c1ccccc1. The first-order valence-corrected chi connectivity index (χ1v) is 9.06. The molecule has 0 atom stereocenters. The Labute approximate surface area is 127 Å². The Morgan fingerprint density at radius 1 is 0.952 bits per heavy atom. The molecule has 0 unspecified atom stereocenters. The minimum Gasteiger partial charge on any atom is -0.423 e. The molecule has 21 heavy (non-hydrogen) atoms. The fraction of sp³-hybridized carbons (Fsp3) is 0.294. The second-order valence-electron chi connectivity index (χ2n) is 5.85. The molecule has 112 valence electrons. The van der Waals surface area contributed by atoms with Crippen molar-refractivity contribution >= 4 is 18.7 Å². The van der Waals surface area contributed by atoms with Gasteiger partial charge in [0.1, 0.15) is 0 Å². The summed E-state index contributed by atoms with van der Waals surface area (Å²) in [7, 11) is -1.31. The van der Waals surface area contributed by atoms with Crippen LogP contribution in [-0.2, 0) is 4.84 Å². The van der Waals surface area contributed by atoms with Crippen LogP contribution in [0, 0.1) is 0 Å². The van der Waals surface area contributed by atoms with E-state index in [-0.39, 0.29) is 5.04 Å². The quantitative estimate of drug-likeness (QED) is 0.630. The summed E-state index contributed by atoms with van der Waals surface area (Å²) in [6, 6.07) is 20.0. The van der Waals surface area contributed by atoms with E-state index in [4.69, 9.17) is 4.84 Å². The van der Waals surface area contributed by atoms with Crippen molar-refractivity contribution in [2.75, 3.05) is 13.7 Å². The first-order valence-electron chi connectivity index (χ1n) is 7.11. The molecule has 0 fully saturated rings. The molecule has 0 bridgehead atoms. The molecule has 0 spiro atoms. The molecule has 0 heterocycles. The Kier molecular flexibility index (Phi) is 4.95. The predicted molar refractivity (Wildman–Crippen MR) is 89.2 cm³/mol. The second-order valence-corrected chi connectivity index (χ2v) is 9.78. The summed E-state index contributed by atoms with van der Waals surface area (Å²) >= 11 is 0. The van der Waals surface area contributed by atoms with Crippen LogP contribution in [0.2, 0.25) is 5.04 Å².